The molecule has 0 aromatic carbocycles. The van der Waals surface area contributed by atoms with Crippen molar-refractivity contribution in [2.75, 3.05) is 0 Å². The minimum Gasteiger partial charge on any atom is -0.481 e. The SMILES string of the molecule is CC(C(C)(C)C)C(C)(C)C(=O)O.CCCCC(CC)C(=O)O.[Cu]. The molecule has 0 spiro atoms. The molecule has 2 unspecified atom stereocenters. The minimum atomic E-state index is -0.718. The molecular formula is C18H36CuO4. The van der Waals surface area contributed by atoms with E-state index in [0.29, 0.717) is 0 Å². The van der Waals surface area contributed by atoms with Crippen LogP contribution in [0.1, 0.15) is 81.1 Å². The van der Waals surface area contributed by atoms with E-state index in [9.17, 15) is 9.59 Å². The molecule has 1 radical (unpaired) electrons. The van der Waals surface area contributed by atoms with Gasteiger partial charge in [-0.2, -0.15) is 0 Å². The molecule has 0 heterocycles. The zero-order valence-corrected chi connectivity index (χ0v) is 16.9. The van der Waals surface area contributed by atoms with Crippen molar-refractivity contribution in [1.29, 1.82) is 0 Å². The topological polar surface area (TPSA) is 74.6 Å². The normalized spacial score (nSPS) is 13.9. The quantitative estimate of drug-likeness (QED) is 0.606. The van der Waals surface area contributed by atoms with Gasteiger partial charge in [-0.1, -0.05) is 54.4 Å². The average molecular weight is 380 g/mol. The molecule has 5 heteroatoms. The van der Waals surface area contributed by atoms with Gasteiger partial charge in [-0.25, -0.2) is 0 Å². The Kier molecular flexibility index (Phi) is 14.1. The summed E-state index contributed by atoms with van der Waals surface area (Å²) in [6.45, 7) is 15.8. The maximum Gasteiger partial charge on any atom is 0.309 e. The van der Waals surface area contributed by atoms with Crippen LogP contribution in [0.2, 0.25) is 0 Å². The van der Waals surface area contributed by atoms with Gasteiger partial charge in [0, 0.05) is 17.1 Å². The Hall–Kier alpha value is -0.541. The van der Waals surface area contributed by atoms with Crippen molar-refractivity contribution in [2.45, 2.75) is 81.1 Å². The molecular weight excluding hydrogens is 344 g/mol. The second-order valence-corrected chi connectivity index (χ2v) is 7.70. The van der Waals surface area contributed by atoms with Crippen LogP contribution < -0.4 is 0 Å². The third-order valence-electron chi connectivity index (χ3n) is 4.68. The summed E-state index contributed by atoms with van der Waals surface area (Å²) < 4.78 is 0. The van der Waals surface area contributed by atoms with Gasteiger partial charge in [-0.05, 0) is 38.0 Å². The fraction of sp³-hybridized carbons (Fsp3) is 0.889. The number of carboxylic acid groups (broad SMARTS) is 2. The van der Waals surface area contributed by atoms with Crippen LogP contribution in [0.15, 0.2) is 0 Å². The summed E-state index contributed by atoms with van der Waals surface area (Å²) in [5, 5.41) is 17.6. The molecule has 23 heavy (non-hydrogen) atoms. The van der Waals surface area contributed by atoms with Crippen molar-refractivity contribution < 1.29 is 36.9 Å². The van der Waals surface area contributed by atoms with Crippen molar-refractivity contribution in [3.63, 3.8) is 0 Å². The largest absolute Gasteiger partial charge is 0.481 e. The van der Waals surface area contributed by atoms with Gasteiger partial charge in [0.15, 0.2) is 0 Å². The summed E-state index contributed by atoms with van der Waals surface area (Å²) in [7, 11) is 0. The molecule has 0 aliphatic heterocycles. The van der Waals surface area contributed by atoms with E-state index < -0.39 is 17.4 Å². The second-order valence-electron chi connectivity index (χ2n) is 7.70. The molecule has 4 nitrogen and oxygen atoms in total. The Morgan fingerprint density at radius 2 is 1.43 bits per heavy atom. The number of hydrogen-bond acceptors (Lipinski definition) is 2. The minimum absolute atomic E-state index is 0. The van der Waals surface area contributed by atoms with Crippen LogP contribution in [0.5, 0.6) is 0 Å². The molecule has 0 saturated carbocycles. The first-order valence-corrected chi connectivity index (χ1v) is 8.28. The van der Waals surface area contributed by atoms with Gasteiger partial charge in [-0.3, -0.25) is 9.59 Å². The van der Waals surface area contributed by atoms with Crippen molar-refractivity contribution in [3.8, 4) is 0 Å². The van der Waals surface area contributed by atoms with Gasteiger partial charge in [0.1, 0.15) is 0 Å². The van der Waals surface area contributed by atoms with Crippen molar-refractivity contribution in [2.24, 2.45) is 22.7 Å². The Labute approximate surface area is 152 Å². The number of unbranched alkanes of at least 4 members (excludes halogenated alkanes) is 1. The van der Waals surface area contributed by atoms with E-state index in [1.807, 2.05) is 13.8 Å². The van der Waals surface area contributed by atoms with E-state index >= 15 is 0 Å². The van der Waals surface area contributed by atoms with Crippen LogP contribution in [0, 0.1) is 22.7 Å². The molecule has 0 amide bonds. The second kappa shape index (κ2) is 11.9. The van der Waals surface area contributed by atoms with Crippen LogP contribution in [-0.2, 0) is 26.7 Å². The van der Waals surface area contributed by atoms with Crippen molar-refractivity contribution in [1.82, 2.24) is 0 Å². The zero-order valence-electron chi connectivity index (χ0n) is 16.0. The first kappa shape index (κ1) is 27.3. The van der Waals surface area contributed by atoms with Gasteiger partial charge in [0.2, 0.25) is 0 Å². The Morgan fingerprint density at radius 3 is 1.61 bits per heavy atom. The predicted molar refractivity (Wildman–Crippen MR) is 91.0 cm³/mol. The summed E-state index contributed by atoms with van der Waals surface area (Å²) in [6, 6.07) is 0. The maximum atomic E-state index is 10.9. The van der Waals surface area contributed by atoms with Gasteiger partial charge >= 0.3 is 11.9 Å². The number of rotatable bonds is 7. The van der Waals surface area contributed by atoms with Crippen LogP contribution in [-0.4, -0.2) is 22.2 Å². The van der Waals surface area contributed by atoms with Crippen molar-refractivity contribution in [3.05, 3.63) is 0 Å². The van der Waals surface area contributed by atoms with Crippen molar-refractivity contribution >= 4 is 11.9 Å². The van der Waals surface area contributed by atoms with E-state index in [-0.39, 0.29) is 34.3 Å². The monoisotopic (exact) mass is 379 g/mol. The Balaban J connectivity index is -0.000000338. The van der Waals surface area contributed by atoms with Crippen LogP contribution in [0.25, 0.3) is 0 Å². The molecule has 0 rings (SSSR count). The van der Waals surface area contributed by atoms with Crippen LogP contribution in [0.3, 0.4) is 0 Å². The van der Waals surface area contributed by atoms with E-state index in [2.05, 4.69) is 27.7 Å². The molecule has 143 valence electrons. The number of carbonyl (C=O) groups is 2. The summed E-state index contributed by atoms with van der Waals surface area (Å²) in [5.41, 5.74) is -0.597. The molecule has 0 aromatic rings. The third kappa shape index (κ3) is 10.8. The van der Waals surface area contributed by atoms with Gasteiger partial charge in [-0.15, -0.1) is 0 Å². The first-order chi connectivity index (χ1) is 9.82. The molecule has 0 fully saturated rings. The molecule has 2 atom stereocenters. The summed E-state index contributed by atoms with van der Waals surface area (Å²) in [6.07, 6.45) is 3.71. The van der Waals surface area contributed by atoms with Gasteiger partial charge in [0.25, 0.3) is 0 Å². The molecule has 2 N–H and O–H groups in total. The van der Waals surface area contributed by atoms with E-state index in [0.717, 1.165) is 25.7 Å². The number of aliphatic carboxylic acids is 2. The Morgan fingerprint density at radius 1 is 1.00 bits per heavy atom. The standard InChI is InChI=1S/C10H20O2.C8H16O2.Cu/c1-7(9(2,3)4)10(5,6)8(11)12;1-3-5-6-7(4-2)8(9)10;/h7H,1-6H3,(H,11,12);7H,3-6H2,1-2H3,(H,9,10);. The maximum absolute atomic E-state index is 10.9. The molecule has 0 aliphatic carbocycles. The van der Waals surface area contributed by atoms with Gasteiger partial charge < -0.3 is 10.2 Å². The molecule has 0 aromatic heterocycles. The van der Waals surface area contributed by atoms with Gasteiger partial charge in [0.05, 0.1) is 11.3 Å². The number of hydrogen-bond donors (Lipinski definition) is 2. The van der Waals surface area contributed by atoms with E-state index in [1.54, 1.807) is 13.8 Å². The fourth-order valence-electron chi connectivity index (χ4n) is 2.22. The molecule has 0 aliphatic rings. The summed E-state index contributed by atoms with van der Waals surface area (Å²) >= 11 is 0. The van der Waals surface area contributed by atoms with Crippen LogP contribution >= 0.6 is 0 Å². The average Bonchev–Trinajstić information content (AvgIpc) is 2.37. The van der Waals surface area contributed by atoms with E-state index in [1.165, 1.54) is 0 Å². The third-order valence-corrected chi connectivity index (χ3v) is 4.68. The Bertz CT molecular complexity index is 345. The number of carboxylic acids is 2. The smallest absolute Gasteiger partial charge is 0.309 e. The molecule has 0 bridgehead atoms. The summed E-state index contributed by atoms with van der Waals surface area (Å²) in [5.74, 6) is -1.32. The molecule has 0 saturated heterocycles. The van der Waals surface area contributed by atoms with Crippen LogP contribution in [0.4, 0.5) is 0 Å². The predicted octanol–water partition coefficient (Wildman–Crippen LogP) is 5.06. The van der Waals surface area contributed by atoms with E-state index in [4.69, 9.17) is 10.2 Å². The zero-order chi connectivity index (χ0) is 18.1. The fourth-order valence-corrected chi connectivity index (χ4v) is 2.22. The first-order valence-electron chi connectivity index (χ1n) is 8.28. The summed E-state index contributed by atoms with van der Waals surface area (Å²) in [4.78, 5) is 21.3.